The third-order valence-corrected chi connectivity index (χ3v) is 4.57. The van der Waals surface area contributed by atoms with E-state index in [-0.39, 0.29) is 18.0 Å². The first kappa shape index (κ1) is 17.1. The monoisotopic (exact) mass is 364 g/mol. The summed E-state index contributed by atoms with van der Waals surface area (Å²) in [5, 5.41) is 10.1. The Morgan fingerprint density at radius 1 is 1.22 bits per heavy atom. The highest BCUT2D eigenvalue weighted by Gasteiger charge is 2.27. The van der Waals surface area contributed by atoms with Crippen molar-refractivity contribution in [3.63, 3.8) is 0 Å². The van der Waals surface area contributed by atoms with Crippen molar-refractivity contribution in [2.45, 2.75) is 38.3 Å². The molecule has 3 aromatic heterocycles. The van der Waals surface area contributed by atoms with E-state index in [9.17, 15) is 4.79 Å². The number of carbonyl (C=O) groups is 1. The number of hydrogen-bond donors (Lipinski definition) is 2. The molecule has 1 fully saturated rings. The largest absolute Gasteiger partial charge is 0.361 e. The fourth-order valence-corrected chi connectivity index (χ4v) is 3.26. The molecule has 1 amide bonds. The second-order valence-electron chi connectivity index (χ2n) is 6.65. The van der Waals surface area contributed by atoms with Crippen molar-refractivity contribution in [2.24, 2.45) is 0 Å². The van der Waals surface area contributed by atoms with E-state index in [1.165, 1.54) is 0 Å². The Balaban J connectivity index is 1.35. The first-order valence-electron chi connectivity index (χ1n) is 8.91. The van der Waals surface area contributed by atoms with Crippen molar-refractivity contribution in [3.8, 4) is 11.3 Å². The van der Waals surface area contributed by atoms with Gasteiger partial charge in [-0.3, -0.25) is 9.78 Å². The highest BCUT2D eigenvalue weighted by molar-refractivity contribution is 5.92. The van der Waals surface area contributed by atoms with Crippen LogP contribution in [-0.4, -0.2) is 38.1 Å². The quantitative estimate of drug-likeness (QED) is 0.717. The Bertz CT molecular complexity index is 927. The van der Waals surface area contributed by atoms with E-state index in [4.69, 9.17) is 4.52 Å². The summed E-state index contributed by atoms with van der Waals surface area (Å²) in [6, 6.07) is 7.64. The summed E-state index contributed by atoms with van der Waals surface area (Å²) in [5.41, 5.74) is 2.09. The second kappa shape index (κ2) is 7.53. The van der Waals surface area contributed by atoms with Crippen LogP contribution in [0.1, 0.15) is 35.5 Å². The zero-order chi connectivity index (χ0) is 18.6. The minimum absolute atomic E-state index is 0.0912. The Kier molecular flexibility index (Phi) is 4.78. The molecule has 8 nitrogen and oxygen atoms in total. The number of nitrogens with zero attached hydrogens (tertiary/aromatic N) is 4. The number of aromatic nitrogens is 4. The number of carbonyl (C=O) groups excluding carboxylic acids is 1. The molecule has 0 bridgehead atoms. The van der Waals surface area contributed by atoms with Crippen LogP contribution in [0.5, 0.6) is 0 Å². The van der Waals surface area contributed by atoms with Gasteiger partial charge < -0.3 is 15.2 Å². The topological polar surface area (TPSA) is 106 Å². The standard InChI is InChI=1S/C19H20N6O2/c1-12-9-17(25-27-12)18(26)22-14-4-5-15(10-14)23-19-21-8-6-16(24-19)13-3-2-7-20-11-13/h2-3,6-9,11,14-15H,4-5,10H2,1H3,(H,22,26)(H,21,23,24)/t14-,15-/m0/s1. The molecule has 1 saturated carbocycles. The number of hydrogen-bond acceptors (Lipinski definition) is 7. The van der Waals surface area contributed by atoms with Crippen LogP contribution in [0.15, 0.2) is 47.4 Å². The van der Waals surface area contributed by atoms with Gasteiger partial charge in [0.15, 0.2) is 5.69 Å². The molecule has 27 heavy (non-hydrogen) atoms. The first-order chi connectivity index (χ1) is 13.2. The normalized spacial score (nSPS) is 19.0. The van der Waals surface area contributed by atoms with Crippen LogP contribution in [0.25, 0.3) is 11.3 Å². The number of pyridine rings is 1. The minimum atomic E-state index is -0.202. The van der Waals surface area contributed by atoms with Gasteiger partial charge in [0.25, 0.3) is 5.91 Å². The van der Waals surface area contributed by atoms with Crippen molar-refractivity contribution in [3.05, 3.63) is 54.3 Å². The molecule has 0 unspecified atom stereocenters. The van der Waals surface area contributed by atoms with Crippen LogP contribution in [0.3, 0.4) is 0 Å². The van der Waals surface area contributed by atoms with Gasteiger partial charge in [0.2, 0.25) is 5.95 Å². The average Bonchev–Trinajstić information content (AvgIpc) is 3.32. The summed E-state index contributed by atoms with van der Waals surface area (Å²) in [6.45, 7) is 1.76. The molecule has 8 heteroatoms. The van der Waals surface area contributed by atoms with Crippen LogP contribution in [0.2, 0.25) is 0 Å². The summed E-state index contributed by atoms with van der Waals surface area (Å²) in [4.78, 5) is 25.2. The van der Waals surface area contributed by atoms with Gasteiger partial charge in [-0.1, -0.05) is 5.16 Å². The number of aryl methyl sites for hydroxylation is 1. The predicted molar refractivity (Wildman–Crippen MR) is 99.0 cm³/mol. The van der Waals surface area contributed by atoms with E-state index in [2.05, 4.69) is 30.7 Å². The average molecular weight is 364 g/mol. The van der Waals surface area contributed by atoms with Gasteiger partial charge in [0.1, 0.15) is 5.76 Å². The predicted octanol–water partition coefficient (Wildman–Crippen LogP) is 2.60. The van der Waals surface area contributed by atoms with E-state index in [1.807, 2.05) is 18.2 Å². The van der Waals surface area contributed by atoms with Gasteiger partial charge in [-0.2, -0.15) is 0 Å². The molecule has 0 aliphatic heterocycles. The van der Waals surface area contributed by atoms with E-state index in [1.54, 1.807) is 31.6 Å². The van der Waals surface area contributed by atoms with Crippen molar-refractivity contribution < 1.29 is 9.32 Å². The van der Waals surface area contributed by atoms with Crippen molar-refractivity contribution in [2.75, 3.05) is 5.32 Å². The molecule has 2 N–H and O–H groups in total. The van der Waals surface area contributed by atoms with Crippen molar-refractivity contribution in [1.82, 2.24) is 25.4 Å². The maximum absolute atomic E-state index is 12.2. The molecule has 0 radical (unpaired) electrons. The van der Waals surface area contributed by atoms with E-state index >= 15 is 0 Å². The number of rotatable bonds is 5. The van der Waals surface area contributed by atoms with Crippen LogP contribution in [0.4, 0.5) is 5.95 Å². The Labute approximate surface area is 156 Å². The number of amides is 1. The zero-order valence-electron chi connectivity index (χ0n) is 14.9. The van der Waals surface area contributed by atoms with Gasteiger partial charge in [-0.05, 0) is 44.4 Å². The van der Waals surface area contributed by atoms with E-state index < -0.39 is 0 Å². The molecular weight excluding hydrogens is 344 g/mol. The van der Waals surface area contributed by atoms with E-state index in [0.717, 1.165) is 30.5 Å². The summed E-state index contributed by atoms with van der Waals surface area (Å²) in [5.74, 6) is 1.00. The molecule has 0 spiro atoms. The molecule has 2 atom stereocenters. The Hall–Kier alpha value is -3.29. The van der Waals surface area contributed by atoms with Gasteiger partial charge in [0, 0.05) is 42.3 Å². The van der Waals surface area contributed by atoms with Crippen LogP contribution < -0.4 is 10.6 Å². The summed E-state index contributed by atoms with van der Waals surface area (Å²) in [6.07, 6.45) is 7.88. The summed E-state index contributed by atoms with van der Waals surface area (Å²) >= 11 is 0. The minimum Gasteiger partial charge on any atom is -0.361 e. The highest BCUT2D eigenvalue weighted by Crippen LogP contribution is 2.23. The van der Waals surface area contributed by atoms with Gasteiger partial charge in [-0.15, -0.1) is 0 Å². The molecule has 0 aromatic carbocycles. The van der Waals surface area contributed by atoms with Crippen molar-refractivity contribution in [1.29, 1.82) is 0 Å². The lowest BCUT2D eigenvalue weighted by atomic mass is 10.2. The third-order valence-electron chi connectivity index (χ3n) is 4.57. The molecule has 3 heterocycles. The Morgan fingerprint density at radius 2 is 2.11 bits per heavy atom. The zero-order valence-corrected chi connectivity index (χ0v) is 14.9. The highest BCUT2D eigenvalue weighted by atomic mass is 16.5. The maximum atomic E-state index is 12.2. The second-order valence-corrected chi connectivity index (χ2v) is 6.65. The maximum Gasteiger partial charge on any atom is 0.273 e. The van der Waals surface area contributed by atoms with Crippen LogP contribution in [-0.2, 0) is 0 Å². The van der Waals surface area contributed by atoms with Gasteiger partial charge in [0.05, 0.1) is 5.69 Å². The smallest absolute Gasteiger partial charge is 0.273 e. The van der Waals surface area contributed by atoms with Gasteiger partial charge in [-0.25, -0.2) is 9.97 Å². The third kappa shape index (κ3) is 4.11. The molecule has 1 aliphatic rings. The lowest BCUT2D eigenvalue weighted by molar-refractivity contribution is 0.0928. The fourth-order valence-electron chi connectivity index (χ4n) is 3.26. The molecule has 0 saturated heterocycles. The summed E-state index contributed by atoms with van der Waals surface area (Å²) in [7, 11) is 0. The lowest BCUT2D eigenvalue weighted by Gasteiger charge is -2.14. The lowest BCUT2D eigenvalue weighted by Crippen LogP contribution is -2.34. The number of nitrogens with one attached hydrogen (secondary N) is 2. The molecule has 3 aromatic rings. The molecule has 1 aliphatic carbocycles. The molecule has 4 rings (SSSR count). The fraction of sp³-hybridized carbons (Fsp3) is 0.316. The Morgan fingerprint density at radius 3 is 2.89 bits per heavy atom. The van der Waals surface area contributed by atoms with E-state index in [0.29, 0.717) is 17.4 Å². The summed E-state index contributed by atoms with van der Waals surface area (Å²) < 4.78 is 4.95. The number of anilines is 1. The first-order valence-corrected chi connectivity index (χ1v) is 8.91. The SMILES string of the molecule is Cc1cc(C(=O)N[C@H]2CC[C@H](Nc3nccc(-c4cccnc4)n3)C2)no1. The van der Waals surface area contributed by atoms with Gasteiger partial charge >= 0.3 is 0 Å². The van der Waals surface area contributed by atoms with Crippen LogP contribution >= 0.6 is 0 Å². The molecule has 138 valence electrons. The van der Waals surface area contributed by atoms with Crippen molar-refractivity contribution >= 4 is 11.9 Å². The molecular formula is C19H20N6O2. The van der Waals surface area contributed by atoms with Crippen LogP contribution in [0, 0.1) is 6.92 Å².